The number of amides is 1. The summed E-state index contributed by atoms with van der Waals surface area (Å²) in [4.78, 5) is 37.5. The highest BCUT2D eigenvalue weighted by Crippen LogP contribution is 2.39. The number of benzene rings is 1. The van der Waals surface area contributed by atoms with Gasteiger partial charge in [0, 0.05) is 55.8 Å². The molecule has 3 heterocycles. The quantitative estimate of drug-likeness (QED) is 0.333. The number of fused-ring (bicyclic) bond motifs is 1. The van der Waals surface area contributed by atoms with Crippen LogP contribution in [0.4, 0.5) is 8.78 Å². The molecule has 9 heteroatoms. The highest BCUT2D eigenvalue weighted by atomic mass is 19.1. The molecule has 0 bridgehead atoms. The van der Waals surface area contributed by atoms with E-state index >= 15 is 0 Å². The Morgan fingerprint density at radius 2 is 1.70 bits per heavy atom. The van der Waals surface area contributed by atoms with Crippen LogP contribution in [0.15, 0.2) is 30.3 Å². The van der Waals surface area contributed by atoms with Crippen LogP contribution in [0.5, 0.6) is 0 Å². The van der Waals surface area contributed by atoms with Gasteiger partial charge in [-0.25, -0.2) is 0 Å². The molecule has 2 aromatic rings. The van der Waals surface area contributed by atoms with Crippen LogP contribution in [0.2, 0.25) is 0 Å². The average molecular weight is 611 g/mol. The number of likely N-dealkylation sites (tertiary alicyclic amines) is 1. The van der Waals surface area contributed by atoms with Gasteiger partial charge < -0.3 is 9.64 Å². The predicted octanol–water partition coefficient (Wildman–Crippen LogP) is 5.15. The van der Waals surface area contributed by atoms with Gasteiger partial charge in [-0.05, 0) is 103 Å². The van der Waals surface area contributed by atoms with E-state index in [0.717, 1.165) is 18.4 Å². The maximum atomic E-state index is 14.9. The number of nitrogens with zero attached hydrogens (tertiary/aromatic N) is 4. The van der Waals surface area contributed by atoms with Crippen LogP contribution >= 0.6 is 0 Å². The zero-order valence-electron chi connectivity index (χ0n) is 27.3. The standard InChI is InChI=1S/C35H48F2N4O3/c1-22-19-39(29(33(43)44-35(5,6)7)18-23-11-12-24-9-8-10-25(24)17-23)15-16-41(22)32(42)28-21-40(34(2,3)4)20-27(28)26-13-14-30(36)38-31(26)37/h11-14,17,22,27-29H,8-10,15-16,18-21H2,1-7H3/t22-,27-,28?,29-/m0/s1. The lowest BCUT2D eigenvalue weighted by atomic mass is 9.88. The van der Waals surface area contributed by atoms with Crippen molar-refractivity contribution in [3.05, 3.63) is 64.5 Å². The van der Waals surface area contributed by atoms with Crippen LogP contribution in [0.3, 0.4) is 0 Å². The first kappa shape index (κ1) is 32.5. The summed E-state index contributed by atoms with van der Waals surface area (Å²) in [5, 5.41) is 0. The van der Waals surface area contributed by atoms with E-state index in [1.807, 2.05) is 32.6 Å². The number of ether oxygens (including phenoxy) is 1. The normalized spacial score (nSPS) is 23.9. The molecular weight excluding hydrogens is 562 g/mol. The summed E-state index contributed by atoms with van der Waals surface area (Å²) in [7, 11) is 0. The number of carbonyl (C=O) groups excluding carboxylic acids is 2. The van der Waals surface area contributed by atoms with Gasteiger partial charge in [0.15, 0.2) is 0 Å². The predicted molar refractivity (Wildman–Crippen MR) is 166 cm³/mol. The van der Waals surface area contributed by atoms with E-state index in [9.17, 15) is 18.4 Å². The van der Waals surface area contributed by atoms with Crippen LogP contribution in [-0.2, 0) is 33.6 Å². The van der Waals surface area contributed by atoms with Gasteiger partial charge in [-0.1, -0.05) is 18.2 Å². The van der Waals surface area contributed by atoms with E-state index in [1.54, 1.807) is 0 Å². The maximum absolute atomic E-state index is 14.9. The third-order valence-electron chi connectivity index (χ3n) is 9.48. The summed E-state index contributed by atoms with van der Waals surface area (Å²) in [5.74, 6) is -2.93. The number of aromatic nitrogens is 1. The molecule has 3 aliphatic rings. The first-order valence-corrected chi connectivity index (χ1v) is 16.1. The molecule has 1 aromatic carbocycles. The minimum atomic E-state index is -0.871. The average Bonchev–Trinajstić information content (AvgIpc) is 3.57. The van der Waals surface area contributed by atoms with Crippen molar-refractivity contribution in [3.8, 4) is 0 Å². The van der Waals surface area contributed by atoms with Crippen molar-refractivity contribution < 1.29 is 23.1 Å². The van der Waals surface area contributed by atoms with Crippen molar-refractivity contribution in [1.29, 1.82) is 0 Å². The summed E-state index contributed by atoms with van der Waals surface area (Å²) in [6.07, 6.45) is 3.90. The topological polar surface area (TPSA) is 66.0 Å². The molecule has 5 rings (SSSR count). The van der Waals surface area contributed by atoms with E-state index in [4.69, 9.17) is 4.74 Å². The number of aryl methyl sites for hydroxylation is 2. The molecule has 7 nitrogen and oxygen atoms in total. The molecule has 0 N–H and O–H groups in total. The third-order valence-corrected chi connectivity index (χ3v) is 9.48. The second kappa shape index (κ2) is 12.5. The Kier molecular flexibility index (Phi) is 9.21. The number of hydrogen-bond donors (Lipinski definition) is 0. The van der Waals surface area contributed by atoms with Crippen molar-refractivity contribution in [1.82, 2.24) is 19.7 Å². The van der Waals surface area contributed by atoms with Crippen LogP contribution in [0.1, 0.15) is 83.1 Å². The van der Waals surface area contributed by atoms with Crippen molar-refractivity contribution in [2.45, 2.75) is 103 Å². The first-order chi connectivity index (χ1) is 20.6. The highest BCUT2D eigenvalue weighted by Gasteiger charge is 2.46. The molecule has 44 heavy (non-hydrogen) atoms. The van der Waals surface area contributed by atoms with Gasteiger partial charge >= 0.3 is 5.97 Å². The van der Waals surface area contributed by atoms with Crippen molar-refractivity contribution >= 4 is 11.9 Å². The Morgan fingerprint density at radius 3 is 2.36 bits per heavy atom. The Morgan fingerprint density at radius 1 is 0.977 bits per heavy atom. The zero-order valence-corrected chi connectivity index (χ0v) is 27.3. The SMILES string of the molecule is C[C@H]1CN([C@@H](Cc2ccc3c(c2)CCC3)C(=O)OC(C)(C)C)CCN1C(=O)C1CN(C(C)(C)C)C[C@H]1c1ccc(F)nc1F. The number of rotatable bonds is 6. The lowest BCUT2D eigenvalue weighted by molar-refractivity contribution is -0.163. The second-order valence-electron chi connectivity index (χ2n) is 14.9. The van der Waals surface area contributed by atoms with E-state index in [-0.39, 0.29) is 29.0 Å². The summed E-state index contributed by atoms with van der Waals surface area (Å²) >= 11 is 0. The summed E-state index contributed by atoms with van der Waals surface area (Å²) < 4.78 is 34.5. The summed E-state index contributed by atoms with van der Waals surface area (Å²) in [5.41, 5.74) is 3.34. The number of halogens is 2. The number of carbonyl (C=O) groups is 2. The number of piperazine rings is 1. The van der Waals surface area contributed by atoms with Crippen LogP contribution < -0.4 is 0 Å². The Labute approximate surface area is 260 Å². The lowest BCUT2D eigenvalue weighted by Gasteiger charge is -2.44. The van der Waals surface area contributed by atoms with Gasteiger partial charge in [0.05, 0.1) is 5.92 Å². The highest BCUT2D eigenvalue weighted by molar-refractivity contribution is 5.81. The smallest absolute Gasteiger partial charge is 0.324 e. The molecule has 240 valence electrons. The van der Waals surface area contributed by atoms with Gasteiger partial charge in [0.1, 0.15) is 11.6 Å². The molecule has 0 spiro atoms. The van der Waals surface area contributed by atoms with E-state index in [2.05, 4.69) is 53.8 Å². The molecule has 4 atom stereocenters. The third kappa shape index (κ3) is 7.15. The van der Waals surface area contributed by atoms with E-state index in [0.29, 0.717) is 39.1 Å². The Balaban J connectivity index is 1.35. The fourth-order valence-electron chi connectivity index (χ4n) is 7.13. The van der Waals surface area contributed by atoms with Gasteiger partial charge in [0.25, 0.3) is 0 Å². The molecule has 0 radical (unpaired) electrons. The monoisotopic (exact) mass is 610 g/mol. The molecule has 1 unspecified atom stereocenters. The Bertz CT molecular complexity index is 1390. The molecule has 1 amide bonds. The molecular formula is C35H48F2N4O3. The van der Waals surface area contributed by atoms with Crippen LogP contribution in [-0.4, -0.2) is 87.5 Å². The lowest BCUT2D eigenvalue weighted by Crippen LogP contribution is -2.60. The fraction of sp³-hybridized carbons (Fsp3) is 0.629. The molecule has 0 saturated carbocycles. The fourth-order valence-corrected chi connectivity index (χ4v) is 7.13. The number of esters is 1. The van der Waals surface area contributed by atoms with Gasteiger partial charge in [-0.3, -0.25) is 19.4 Å². The van der Waals surface area contributed by atoms with Crippen molar-refractivity contribution in [2.75, 3.05) is 32.7 Å². The second-order valence-corrected chi connectivity index (χ2v) is 14.9. The van der Waals surface area contributed by atoms with Crippen LogP contribution in [0, 0.1) is 17.8 Å². The molecule has 1 aromatic heterocycles. The summed E-state index contributed by atoms with van der Waals surface area (Å²) in [6, 6.07) is 8.54. The largest absolute Gasteiger partial charge is 0.459 e. The van der Waals surface area contributed by atoms with Crippen LogP contribution in [0.25, 0.3) is 0 Å². The number of pyridine rings is 1. The minimum Gasteiger partial charge on any atom is -0.459 e. The van der Waals surface area contributed by atoms with Gasteiger partial charge in [0.2, 0.25) is 17.8 Å². The van der Waals surface area contributed by atoms with Crippen molar-refractivity contribution in [2.24, 2.45) is 5.92 Å². The molecule has 2 aliphatic heterocycles. The van der Waals surface area contributed by atoms with Gasteiger partial charge in [-0.15, -0.1) is 0 Å². The minimum absolute atomic E-state index is 0.0370. The molecule has 2 saturated heterocycles. The van der Waals surface area contributed by atoms with E-state index < -0.39 is 35.4 Å². The molecule has 1 aliphatic carbocycles. The maximum Gasteiger partial charge on any atom is 0.324 e. The zero-order chi connectivity index (χ0) is 32.0. The van der Waals surface area contributed by atoms with Crippen molar-refractivity contribution in [3.63, 3.8) is 0 Å². The Hall–Kier alpha value is -2.91. The first-order valence-electron chi connectivity index (χ1n) is 16.1. The number of hydrogen-bond acceptors (Lipinski definition) is 6. The molecule has 2 fully saturated rings. The van der Waals surface area contributed by atoms with E-state index in [1.165, 1.54) is 29.7 Å². The van der Waals surface area contributed by atoms with Gasteiger partial charge in [-0.2, -0.15) is 13.8 Å². The summed E-state index contributed by atoms with van der Waals surface area (Å²) in [6.45, 7) is 16.4.